The van der Waals surface area contributed by atoms with Crippen LogP contribution >= 0.6 is 11.6 Å². The Bertz CT molecular complexity index is 522. The van der Waals surface area contributed by atoms with Gasteiger partial charge in [0.2, 0.25) is 0 Å². The number of benzene rings is 1. The van der Waals surface area contributed by atoms with Crippen LogP contribution in [0.2, 0.25) is 5.02 Å². The molecule has 1 unspecified atom stereocenters. The molecular weight excluding hydrogens is 250 g/mol. The maximum absolute atomic E-state index is 5.91. The Labute approximate surface area is 112 Å². The van der Waals surface area contributed by atoms with E-state index in [1.165, 1.54) is 0 Å². The third-order valence-corrected chi connectivity index (χ3v) is 3.19. The van der Waals surface area contributed by atoms with E-state index in [-0.39, 0.29) is 6.04 Å². The van der Waals surface area contributed by atoms with E-state index in [1.54, 1.807) is 13.3 Å². The van der Waals surface area contributed by atoms with Crippen LogP contribution in [0.4, 0.5) is 0 Å². The molecule has 1 aromatic heterocycles. The number of aromatic nitrogens is 2. The number of rotatable bonds is 4. The van der Waals surface area contributed by atoms with Gasteiger partial charge in [0.25, 0.3) is 0 Å². The monoisotopic (exact) mass is 265 g/mol. The zero-order valence-electron chi connectivity index (χ0n) is 10.6. The van der Waals surface area contributed by atoms with Crippen LogP contribution in [0.15, 0.2) is 30.5 Å². The third kappa shape index (κ3) is 2.35. The largest absolute Gasteiger partial charge is 0.493 e. The van der Waals surface area contributed by atoms with Gasteiger partial charge < -0.3 is 10.1 Å². The summed E-state index contributed by atoms with van der Waals surface area (Å²) in [6.07, 6.45) is 1.72. The quantitative estimate of drug-likeness (QED) is 0.923. The Morgan fingerprint density at radius 2 is 2.00 bits per heavy atom. The van der Waals surface area contributed by atoms with E-state index in [1.807, 2.05) is 43.0 Å². The fraction of sp³-hybridized carbons (Fsp3) is 0.308. The molecule has 5 heteroatoms. The number of hydrogen-bond acceptors (Lipinski definition) is 3. The molecule has 0 amide bonds. The number of nitrogens with one attached hydrogen (secondary N) is 1. The fourth-order valence-electron chi connectivity index (χ4n) is 2.03. The van der Waals surface area contributed by atoms with Crippen molar-refractivity contribution in [2.24, 2.45) is 7.05 Å². The van der Waals surface area contributed by atoms with Crippen molar-refractivity contribution in [3.05, 3.63) is 46.7 Å². The minimum Gasteiger partial charge on any atom is -0.493 e. The highest BCUT2D eigenvalue weighted by Crippen LogP contribution is 2.29. The summed E-state index contributed by atoms with van der Waals surface area (Å²) in [7, 11) is 5.46. The van der Waals surface area contributed by atoms with Crippen molar-refractivity contribution in [2.75, 3.05) is 14.2 Å². The van der Waals surface area contributed by atoms with Gasteiger partial charge in [0.1, 0.15) is 5.69 Å². The molecule has 0 fully saturated rings. The normalized spacial score (nSPS) is 12.4. The van der Waals surface area contributed by atoms with E-state index < -0.39 is 0 Å². The third-order valence-electron chi connectivity index (χ3n) is 2.93. The van der Waals surface area contributed by atoms with Crippen molar-refractivity contribution in [2.45, 2.75) is 6.04 Å². The molecule has 0 saturated heterocycles. The van der Waals surface area contributed by atoms with Crippen LogP contribution < -0.4 is 10.1 Å². The Balaban J connectivity index is 2.44. The molecule has 1 atom stereocenters. The summed E-state index contributed by atoms with van der Waals surface area (Å²) >= 11 is 5.91. The van der Waals surface area contributed by atoms with Gasteiger partial charge in [0, 0.05) is 12.1 Å². The van der Waals surface area contributed by atoms with Gasteiger partial charge in [-0.2, -0.15) is 5.10 Å². The molecule has 2 aromatic rings. The molecule has 0 saturated carbocycles. The van der Waals surface area contributed by atoms with Gasteiger partial charge in [-0.1, -0.05) is 23.7 Å². The van der Waals surface area contributed by atoms with Gasteiger partial charge in [-0.25, -0.2) is 0 Å². The molecule has 4 nitrogen and oxygen atoms in total. The fourth-order valence-corrected chi connectivity index (χ4v) is 2.16. The molecule has 0 aliphatic heterocycles. The Kier molecular flexibility index (Phi) is 3.89. The zero-order chi connectivity index (χ0) is 13.1. The summed E-state index contributed by atoms with van der Waals surface area (Å²) < 4.78 is 7.16. The lowest BCUT2D eigenvalue weighted by Gasteiger charge is -2.18. The lowest BCUT2D eigenvalue weighted by Crippen LogP contribution is -2.21. The highest BCUT2D eigenvalue weighted by Gasteiger charge is 2.20. The van der Waals surface area contributed by atoms with Crippen molar-refractivity contribution in [1.29, 1.82) is 0 Å². The van der Waals surface area contributed by atoms with Crippen LogP contribution in [0.25, 0.3) is 0 Å². The standard InChI is InChI=1S/C13H16ClN3O/c1-15-12(9-4-6-10(14)7-5-9)13-11(18-3)8-16-17(13)2/h4-8,12,15H,1-3H3. The van der Waals surface area contributed by atoms with Crippen LogP contribution in [0.1, 0.15) is 17.3 Å². The predicted molar refractivity (Wildman–Crippen MR) is 72.1 cm³/mol. The average molecular weight is 266 g/mol. The minimum atomic E-state index is 0.0183. The molecule has 0 aliphatic rings. The second kappa shape index (κ2) is 5.42. The molecule has 1 aromatic carbocycles. The predicted octanol–water partition coefficient (Wildman–Crippen LogP) is 2.39. The summed E-state index contributed by atoms with van der Waals surface area (Å²) in [5.41, 5.74) is 2.10. The molecule has 0 bridgehead atoms. The first-order chi connectivity index (χ1) is 8.67. The molecule has 0 aliphatic carbocycles. The molecule has 18 heavy (non-hydrogen) atoms. The highest BCUT2D eigenvalue weighted by molar-refractivity contribution is 6.30. The summed E-state index contributed by atoms with van der Waals surface area (Å²) in [5, 5.41) is 8.22. The summed E-state index contributed by atoms with van der Waals surface area (Å²) in [5.74, 6) is 0.770. The van der Waals surface area contributed by atoms with Crippen molar-refractivity contribution in [1.82, 2.24) is 15.1 Å². The Morgan fingerprint density at radius 1 is 1.33 bits per heavy atom. The first-order valence-corrected chi connectivity index (χ1v) is 6.03. The maximum Gasteiger partial charge on any atom is 0.161 e. The molecule has 1 N–H and O–H groups in total. The molecule has 1 heterocycles. The van der Waals surface area contributed by atoms with Gasteiger partial charge in [0.05, 0.1) is 19.3 Å². The van der Waals surface area contributed by atoms with E-state index in [0.29, 0.717) is 0 Å². The number of aryl methyl sites for hydroxylation is 1. The second-order valence-electron chi connectivity index (χ2n) is 4.00. The lowest BCUT2D eigenvalue weighted by atomic mass is 10.0. The van der Waals surface area contributed by atoms with E-state index in [2.05, 4.69) is 10.4 Å². The maximum atomic E-state index is 5.91. The summed E-state index contributed by atoms with van der Waals surface area (Å²) in [6, 6.07) is 7.77. The van der Waals surface area contributed by atoms with Crippen LogP contribution in [-0.2, 0) is 7.05 Å². The first kappa shape index (κ1) is 12.9. The van der Waals surface area contributed by atoms with Crippen LogP contribution in [0.3, 0.4) is 0 Å². The van der Waals surface area contributed by atoms with Crippen molar-refractivity contribution < 1.29 is 4.74 Å². The van der Waals surface area contributed by atoms with Gasteiger partial charge in [0.15, 0.2) is 5.75 Å². The molecular formula is C13H16ClN3O. The van der Waals surface area contributed by atoms with Crippen molar-refractivity contribution in [3.63, 3.8) is 0 Å². The van der Waals surface area contributed by atoms with E-state index >= 15 is 0 Å². The van der Waals surface area contributed by atoms with Gasteiger partial charge in [-0.3, -0.25) is 4.68 Å². The topological polar surface area (TPSA) is 39.1 Å². The second-order valence-corrected chi connectivity index (χ2v) is 4.43. The summed E-state index contributed by atoms with van der Waals surface area (Å²) in [6.45, 7) is 0. The SMILES string of the molecule is CNC(c1ccc(Cl)cc1)c1c(OC)cnn1C. The van der Waals surface area contributed by atoms with Gasteiger partial charge >= 0.3 is 0 Å². The lowest BCUT2D eigenvalue weighted by molar-refractivity contribution is 0.402. The number of ether oxygens (including phenoxy) is 1. The Morgan fingerprint density at radius 3 is 2.56 bits per heavy atom. The number of halogens is 1. The van der Waals surface area contributed by atoms with E-state index in [4.69, 9.17) is 16.3 Å². The molecule has 2 rings (SSSR count). The number of hydrogen-bond donors (Lipinski definition) is 1. The van der Waals surface area contributed by atoms with Crippen LogP contribution in [0.5, 0.6) is 5.75 Å². The van der Waals surface area contributed by atoms with Crippen molar-refractivity contribution >= 4 is 11.6 Å². The van der Waals surface area contributed by atoms with Crippen LogP contribution in [-0.4, -0.2) is 23.9 Å². The zero-order valence-corrected chi connectivity index (χ0v) is 11.4. The molecule has 96 valence electrons. The van der Waals surface area contributed by atoms with Crippen LogP contribution in [0, 0.1) is 0 Å². The number of nitrogens with zero attached hydrogens (tertiary/aromatic N) is 2. The van der Waals surface area contributed by atoms with Gasteiger partial charge in [-0.15, -0.1) is 0 Å². The van der Waals surface area contributed by atoms with Crippen molar-refractivity contribution in [3.8, 4) is 5.75 Å². The van der Waals surface area contributed by atoms with Gasteiger partial charge in [-0.05, 0) is 24.7 Å². The average Bonchev–Trinajstić information content (AvgIpc) is 2.74. The Hall–Kier alpha value is -1.52. The van der Waals surface area contributed by atoms with E-state index in [0.717, 1.165) is 22.0 Å². The van der Waals surface area contributed by atoms with E-state index in [9.17, 15) is 0 Å². The number of methoxy groups -OCH3 is 1. The minimum absolute atomic E-state index is 0.0183. The first-order valence-electron chi connectivity index (χ1n) is 5.66. The molecule has 0 spiro atoms. The summed E-state index contributed by atoms with van der Waals surface area (Å²) in [4.78, 5) is 0. The smallest absolute Gasteiger partial charge is 0.161 e. The molecule has 0 radical (unpaired) electrons. The highest BCUT2D eigenvalue weighted by atomic mass is 35.5.